The van der Waals surface area contributed by atoms with Gasteiger partial charge >= 0.3 is 0 Å². The van der Waals surface area contributed by atoms with Crippen LogP contribution in [0.5, 0.6) is 0 Å². The van der Waals surface area contributed by atoms with E-state index in [0.29, 0.717) is 6.42 Å². The molecule has 0 aromatic heterocycles. The van der Waals surface area contributed by atoms with Gasteiger partial charge in [0.05, 0.1) is 6.10 Å². The van der Waals surface area contributed by atoms with Gasteiger partial charge in [-0.25, -0.2) is 0 Å². The lowest BCUT2D eigenvalue weighted by Crippen LogP contribution is -2.16. The van der Waals surface area contributed by atoms with Crippen molar-refractivity contribution in [2.24, 2.45) is 0 Å². The molecule has 4 heteroatoms. The third-order valence-electron chi connectivity index (χ3n) is 3.51. The van der Waals surface area contributed by atoms with Gasteiger partial charge in [-0.2, -0.15) is 0 Å². The van der Waals surface area contributed by atoms with Gasteiger partial charge in [-0.15, -0.1) is 0 Å². The number of amides is 1. The maximum atomic E-state index is 11.8. The Hall–Kier alpha value is -1.55. The quantitative estimate of drug-likeness (QED) is 0.858. The molecule has 1 unspecified atom stereocenters. The minimum atomic E-state index is 0.0414. The Morgan fingerprint density at radius 3 is 3.16 bits per heavy atom. The summed E-state index contributed by atoms with van der Waals surface area (Å²) in [5.41, 5.74) is 3.34. The van der Waals surface area contributed by atoms with Gasteiger partial charge in [0, 0.05) is 31.5 Å². The van der Waals surface area contributed by atoms with Gasteiger partial charge in [-0.3, -0.25) is 4.79 Å². The van der Waals surface area contributed by atoms with Gasteiger partial charge in [0.1, 0.15) is 0 Å². The van der Waals surface area contributed by atoms with Crippen molar-refractivity contribution in [3.05, 3.63) is 23.8 Å². The Kier molecular flexibility index (Phi) is 4.80. The molecule has 1 atom stereocenters. The van der Waals surface area contributed by atoms with Crippen LogP contribution in [0.25, 0.3) is 0 Å². The normalized spacial score (nSPS) is 15.3. The molecule has 0 saturated heterocycles. The Balaban J connectivity index is 1.90. The predicted octanol–water partition coefficient (Wildman–Crippen LogP) is 2.80. The van der Waals surface area contributed by atoms with Gasteiger partial charge < -0.3 is 15.4 Å². The highest BCUT2D eigenvalue weighted by Gasteiger charge is 2.10. The second kappa shape index (κ2) is 6.57. The minimum absolute atomic E-state index is 0.0414. The van der Waals surface area contributed by atoms with Crippen LogP contribution in [-0.2, 0) is 16.0 Å². The van der Waals surface area contributed by atoms with Crippen molar-refractivity contribution in [3.8, 4) is 0 Å². The second-order valence-electron chi connectivity index (χ2n) is 5.04. The first-order chi connectivity index (χ1) is 9.19. The summed E-state index contributed by atoms with van der Waals surface area (Å²) in [5.74, 6) is 0.0414. The van der Waals surface area contributed by atoms with Crippen LogP contribution in [0.4, 0.5) is 11.4 Å². The molecule has 1 aromatic rings. The Morgan fingerprint density at radius 1 is 1.53 bits per heavy atom. The second-order valence-corrected chi connectivity index (χ2v) is 5.04. The largest absolute Gasteiger partial charge is 0.385 e. The Labute approximate surface area is 114 Å². The molecule has 1 aliphatic rings. The van der Waals surface area contributed by atoms with Crippen molar-refractivity contribution in [3.63, 3.8) is 0 Å². The van der Waals surface area contributed by atoms with Crippen LogP contribution in [0.2, 0.25) is 0 Å². The summed E-state index contributed by atoms with van der Waals surface area (Å²) >= 11 is 0. The fourth-order valence-corrected chi connectivity index (χ4v) is 2.21. The van der Waals surface area contributed by atoms with Crippen molar-refractivity contribution in [1.29, 1.82) is 0 Å². The smallest absolute Gasteiger partial charge is 0.224 e. The van der Waals surface area contributed by atoms with Crippen molar-refractivity contribution in [1.82, 2.24) is 0 Å². The number of methoxy groups -OCH3 is 1. The zero-order valence-electron chi connectivity index (χ0n) is 11.7. The SMILES string of the molecule is COC(C)CCC(=O)Nc1ccc2c(c1)NCCC2. The highest BCUT2D eigenvalue weighted by atomic mass is 16.5. The Bertz CT molecular complexity index is 446. The van der Waals surface area contributed by atoms with Gasteiger partial charge in [0.2, 0.25) is 5.91 Å². The van der Waals surface area contributed by atoms with E-state index in [9.17, 15) is 4.79 Å². The molecular formula is C15H22N2O2. The summed E-state index contributed by atoms with van der Waals surface area (Å²) < 4.78 is 5.14. The number of anilines is 2. The van der Waals surface area contributed by atoms with E-state index < -0.39 is 0 Å². The number of carbonyl (C=O) groups is 1. The number of ether oxygens (including phenoxy) is 1. The molecule has 0 aliphatic carbocycles. The van der Waals surface area contributed by atoms with Gasteiger partial charge in [-0.05, 0) is 43.9 Å². The standard InChI is InChI=1S/C15H22N2O2/c1-11(19-2)5-8-15(18)17-13-7-6-12-4-3-9-16-14(12)10-13/h6-7,10-11,16H,3-5,8-9H2,1-2H3,(H,17,18). The third-order valence-corrected chi connectivity index (χ3v) is 3.51. The summed E-state index contributed by atoms with van der Waals surface area (Å²) in [6.45, 7) is 2.98. The Morgan fingerprint density at radius 2 is 2.37 bits per heavy atom. The van der Waals surface area contributed by atoms with Crippen LogP contribution in [0.3, 0.4) is 0 Å². The average Bonchev–Trinajstić information content (AvgIpc) is 2.44. The molecule has 2 N–H and O–H groups in total. The average molecular weight is 262 g/mol. The predicted molar refractivity (Wildman–Crippen MR) is 77.6 cm³/mol. The van der Waals surface area contributed by atoms with E-state index in [-0.39, 0.29) is 12.0 Å². The molecule has 0 bridgehead atoms. The highest BCUT2D eigenvalue weighted by molar-refractivity contribution is 5.91. The maximum absolute atomic E-state index is 11.8. The van der Waals surface area contributed by atoms with E-state index in [2.05, 4.69) is 16.7 Å². The molecular weight excluding hydrogens is 240 g/mol. The first-order valence-electron chi connectivity index (χ1n) is 6.88. The van der Waals surface area contributed by atoms with E-state index in [4.69, 9.17) is 4.74 Å². The van der Waals surface area contributed by atoms with Crippen LogP contribution in [0.1, 0.15) is 31.7 Å². The maximum Gasteiger partial charge on any atom is 0.224 e. The molecule has 104 valence electrons. The summed E-state index contributed by atoms with van der Waals surface area (Å²) in [6.07, 6.45) is 3.64. The van der Waals surface area contributed by atoms with Crippen molar-refractivity contribution >= 4 is 17.3 Å². The molecule has 0 fully saturated rings. The lowest BCUT2D eigenvalue weighted by molar-refractivity contribution is -0.116. The van der Waals surface area contributed by atoms with Crippen LogP contribution in [-0.4, -0.2) is 25.7 Å². The lowest BCUT2D eigenvalue weighted by atomic mass is 10.0. The van der Waals surface area contributed by atoms with Crippen molar-refractivity contribution in [2.75, 3.05) is 24.3 Å². The highest BCUT2D eigenvalue weighted by Crippen LogP contribution is 2.25. The number of rotatable bonds is 5. The van der Waals surface area contributed by atoms with Crippen LogP contribution < -0.4 is 10.6 Å². The molecule has 1 aromatic carbocycles. The zero-order valence-corrected chi connectivity index (χ0v) is 11.7. The van der Waals surface area contributed by atoms with E-state index >= 15 is 0 Å². The first-order valence-corrected chi connectivity index (χ1v) is 6.88. The lowest BCUT2D eigenvalue weighted by Gasteiger charge is -2.19. The summed E-state index contributed by atoms with van der Waals surface area (Å²) in [5, 5.41) is 6.30. The van der Waals surface area contributed by atoms with Crippen LogP contribution in [0.15, 0.2) is 18.2 Å². The summed E-state index contributed by atoms with van der Waals surface area (Å²) in [6, 6.07) is 6.09. The molecule has 1 heterocycles. The van der Waals surface area contributed by atoms with Crippen molar-refractivity contribution in [2.45, 2.75) is 38.7 Å². The number of carbonyl (C=O) groups excluding carboxylic acids is 1. The van der Waals surface area contributed by atoms with Crippen molar-refractivity contribution < 1.29 is 9.53 Å². The third kappa shape index (κ3) is 3.96. The molecule has 0 spiro atoms. The minimum Gasteiger partial charge on any atom is -0.385 e. The zero-order chi connectivity index (χ0) is 13.7. The van der Waals surface area contributed by atoms with Gasteiger partial charge in [-0.1, -0.05) is 6.07 Å². The van der Waals surface area contributed by atoms with Crippen LogP contribution in [0, 0.1) is 0 Å². The number of fused-ring (bicyclic) bond motifs is 1. The number of nitrogens with one attached hydrogen (secondary N) is 2. The van der Waals surface area contributed by atoms with E-state index in [1.165, 1.54) is 12.0 Å². The number of hydrogen-bond acceptors (Lipinski definition) is 3. The van der Waals surface area contributed by atoms with E-state index in [1.54, 1.807) is 7.11 Å². The molecule has 1 amide bonds. The first kappa shape index (κ1) is 13.9. The number of hydrogen-bond donors (Lipinski definition) is 2. The topological polar surface area (TPSA) is 50.4 Å². The van der Waals surface area contributed by atoms with Gasteiger partial charge in [0.25, 0.3) is 0 Å². The number of aryl methyl sites for hydroxylation is 1. The fraction of sp³-hybridized carbons (Fsp3) is 0.533. The monoisotopic (exact) mass is 262 g/mol. The van der Waals surface area contributed by atoms with Crippen LogP contribution >= 0.6 is 0 Å². The summed E-state index contributed by atoms with van der Waals surface area (Å²) in [7, 11) is 1.66. The fourth-order valence-electron chi connectivity index (χ4n) is 2.21. The van der Waals surface area contributed by atoms with E-state index in [0.717, 1.165) is 30.8 Å². The number of benzene rings is 1. The molecule has 2 rings (SSSR count). The molecule has 1 aliphatic heterocycles. The van der Waals surface area contributed by atoms with Gasteiger partial charge in [0.15, 0.2) is 0 Å². The summed E-state index contributed by atoms with van der Waals surface area (Å²) in [4.78, 5) is 11.8. The molecule has 19 heavy (non-hydrogen) atoms. The molecule has 4 nitrogen and oxygen atoms in total. The molecule has 0 radical (unpaired) electrons. The van der Waals surface area contributed by atoms with E-state index in [1.807, 2.05) is 19.1 Å². The molecule has 0 saturated carbocycles.